The second-order valence-corrected chi connectivity index (χ2v) is 7.06. The smallest absolute Gasteiger partial charge is 0.265 e. The quantitative estimate of drug-likeness (QED) is 0.577. The maximum atomic E-state index is 12.5. The summed E-state index contributed by atoms with van der Waals surface area (Å²) >= 11 is 3.41. The van der Waals surface area contributed by atoms with Gasteiger partial charge >= 0.3 is 0 Å². The van der Waals surface area contributed by atoms with Gasteiger partial charge in [0.2, 0.25) is 5.91 Å². The zero-order chi connectivity index (χ0) is 20.7. The number of para-hydroxylation sites is 1. The molecule has 1 unspecified atom stereocenters. The molecule has 0 heterocycles. The van der Waals surface area contributed by atoms with Crippen molar-refractivity contribution in [1.82, 2.24) is 5.32 Å². The van der Waals surface area contributed by atoms with Gasteiger partial charge in [-0.05, 0) is 59.6 Å². The van der Waals surface area contributed by atoms with Gasteiger partial charge in [-0.3, -0.25) is 14.4 Å². The number of primary amides is 1. The van der Waals surface area contributed by atoms with Crippen LogP contribution < -0.4 is 21.1 Å². The average molecular weight is 448 g/mol. The molecule has 0 aliphatic heterocycles. The van der Waals surface area contributed by atoms with E-state index < -0.39 is 23.8 Å². The molecule has 0 fully saturated rings. The van der Waals surface area contributed by atoms with Gasteiger partial charge in [-0.2, -0.15) is 0 Å². The Bertz CT molecular complexity index is 886. The monoisotopic (exact) mass is 447 g/mol. The fraction of sp³-hybridized carbons (Fsp3) is 0.250. The van der Waals surface area contributed by atoms with Crippen molar-refractivity contribution >= 4 is 39.3 Å². The van der Waals surface area contributed by atoms with Gasteiger partial charge in [0.25, 0.3) is 11.8 Å². The molecule has 0 bridgehead atoms. The second kappa shape index (κ2) is 9.89. The van der Waals surface area contributed by atoms with Crippen LogP contribution in [0, 0.1) is 6.92 Å². The molecule has 0 aliphatic carbocycles. The third-order valence-electron chi connectivity index (χ3n) is 3.85. The van der Waals surface area contributed by atoms with E-state index in [1.54, 1.807) is 37.3 Å². The summed E-state index contributed by atoms with van der Waals surface area (Å²) < 4.78 is 6.47. The Kier molecular flexibility index (Phi) is 7.57. The number of hydrogen-bond acceptors (Lipinski definition) is 4. The van der Waals surface area contributed by atoms with Crippen LogP contribution in [0.2, 0.25) is 0 Å². The Morgan fingerprint density at radius 1 is 1.18 bits per heavy atom. The van der Waals surface area contributed by atoms with Crippen LogP contribution in [0.25, 0.3) is 0 Å². The highest BCUT2D eigenvalue weighted by Crippen LogP contribution is 2.27. The zero-order valence-electron chi connectivity index (χ0n) is 15.6. The molecule has 148 valence electrons. The van der Waals surface area contributed by atoms with E-state index in [2.05, 4.69) is 26.6 Å². The molecule has 4 N–H and O–H groups in total. The van der Waals surface area contributed by atoms with Gasteiger partial charge in [-0.25, -0.2) is 0 Å². The molecule has 0 spiro atoms. The minimum Gasteiger partial charge on any atom is -0.480 e. The molecule has 2 aromatic rings. The first-order chi connectivity index (χ1) is 13.3. The van der Waals surface area contributed by atoms with E-state index in [-0.39, 0.29) is 18.5 Å². The Labute approximate surface area is 171 Å². The van der Waals surface area contributed by atoms with Crippen molar-refractivity contribution in [2.75, 3.05) is 11.9 Å². The fourth-order valence-corrected chi connectivity index (χ4v) is 2.95. The molecule has 0 saturated carbocycles. The van der Waals surface area contributed by atoms with E-state index in [1.807, 2.05) is 19.1 Å². The third-order valence-corrected chi connectivity index (χ3v) is 4.47. The van der Waals surface area contributed by atoms with Crippen molar-refractivity contribution in [3.8, 4) is 5.75 Å². The fourth-order valence-electron chi connectivity index (χ4n) is 2.36. The van der Waals surface area contributed by atoms with E-state index in [0.29, 0.717) is 11.4 Å². The number of nitrogens with two attached hydrogens (primary N) is 1. The number of ether oxygens (including phenoxy) is 1. The average Bonchev–Trinajstić information content (AvgIpc) is 2.64. The third kappa shape index (κ3) is 6.09. The number of benzene rings is 2. The first-order valence-electron chi connectivity index (χ1n) is 8.67. The lowest BCUT2D eigenvalue weighted by atomic mass is 10.1. The molecular weight excluding hydrogens is 426 g/mol. The normalized spacial score (nSPS) is 11.4. The van der Waals surface area contributed by atoms with E-state index in [0.717, 1.165) is 10.0 Å². The molecule has 3 amide bonds. The second-order valence-electron chi connectivity index (χ2n) is 6.20. The van der Waals surface area contributed by atoms with Crippen LogP contribution in [0.3, 0.4) is 0 Å². The summed E-state index contributed by atoms with van der Waals surface area (Å²) in [6, 6.07) is 12.2. The molecule has 0 saturated heterocycles. The lowest BCUT2D eigenvalue weighted by Gasteiger charge is -2.17. The summed E-state index contributed by atoms with van der Waals surface area (Å²) in [5.41, 5.74) is 6.76. The van der Waals surface area contributed by atoms with Crippen molar-refractivity contribution in [3.05, 3.63) is 58.1 Å². The molecule has 7 nitrogen and oxygen atoms in total. The largest absolute Gasteiger partial charge is 0.480 e. The standard InChI is InChI=1S/C20H22BrN3O4/c1-12-7-8-17(15(21)11-12)28-13(2)19(26)24-16-6-4-3-5-14(16)20(27)23-10-9-18(22)25/h3-8,11,13H,9-10H2,1-2H3,(H2,22,25)(H,23,27)(H,24,26). The molecule has 0 radical (unpaired) electrons. The molecule has 0 aromatic heterocycles. The lowest BCUT2D eigenvalue weighted by molar-refractivity contribution is -0.122. The lowest BCUT2D eigenvalue weighted by Crippen LogP contribution is -2.32. The van der Waals surface area contributed by atoms with Gasteiger partial charge in [-0.15, -0.1) is 0 Å². The van der Waals surface area contributed by atoms with Crippen molar-refractivity contribution in [3.63, 3.8) is 0 Å². The first-order valence-corrected chi connectivity index (χ1v) is 9.46. The number of carbonyl (C=O) groups excluding carboxylic acids is 3. The number of nitrogens with one attached hydrogen (secondary N) is 2. The molecule has 2 rings (SSSR count). The van der Waals surface area contributed by atoms with E-state index in [4.69, 9.17) is 10.5 Å². The van der Waals surface area contributed by atoms with Crippen LogP contribution in [0.5, 0.6) is 5.75 Å². The minimum absolute atomic E-state index is 0.0383. The number of amides is 3. The Hall–Kier alpha value is -2.87. The van der Waals surface area contributed by atoms with Gasteiger partial charge in [0.1, 0.15) is 5.75 Å². The molecule has 1 atom stereocenters. The van der Waals surface area contributed by atoms with Crippen LogP contribution in [-0.2, 0) is 9.59 Å². The van der Waals surface area contributed by atoms with E-state index in [1.165, 1.54) is 0 Å². The highest BCUT2D eigenvalue weighted by molar-refractivity contribution is 9.10. The van der Waals surface area contributed by atoms with Gasteiger partial charge in [0.05, 0.1) is 15.7 Å². The molecule has 8 heteroatoms. The number of carbonyl (C=O) groups is 3. The van der Waals surface area contributed by atoms with Crippen LogP contribution >= 0.6 is 15.9 Å². The van der Waals surface area contributed by atoms with Crippen LogP contribution in [0.1, 0.15) is 29.3 Å². The van der Waals surface area contributed by atoms with E-state index >= 15 is 0 Å². The minimum atomic E-state index is -0.787. The van der Waals surface area contributed by atoms with E-state index in [9.17, 15) is 14.4 Å². The number of halogens is 1. The predicted octanol–water partition coefficient (Wildman–Crippen LogP) is 2.77. The highest BCUT2D eigenvalue weighted by atomic mass is 79.9. The Balaban J connectivity index is 2.04. The Morgan fingerprint density at radius 2 is 1.89 bits per heavy atom. The van der Waals surface area contributed by atoms with Crippen molar-refractivity contribution < 1.29 is 19.1 Å². The SMILES string of the molecule is Cc1ccc(OC(C)C(=O)Nc2ccccc2C(=O)NCCC(N)=O)c(Br)c1. The van der Waals surface area contributed by atoms with Crippen LogP contribution in [0.4, 0.5) is 5.69 Å². The maximum absolute atomic E-state index is 12.5. The number of rotatable bonds is 8. The van der Waals surface area contributed by atoms with Crippen molar-refractivity contribution in [2.24, 2.45) is 5.73 Å². The molecule has 28 heavy (non-hydrogen) atoms. The van der Waals surface area contributed by atoms with Crippen LogP contribution in [-0.4, -0.2) is 30.4 Å². The molecular formula is C20H22BrN3O4. The number of aryl methyl sites for hydroxylation is 1. The summed E-state index contributed by atoms with van der Waals surface area (Å²) in [5.74, 6) is -0.766. The number of anilines is 1. The molecule has 0 aliphatic rings. The first kappa shape index (κ1) is 21.4. The topological polar surface area (TPSA) is 111 Å². The van der Waals surface area contributed by atoms with Crippen molar-refractivity contribution in [2.45, 2.75) is 26.4 Å². The maximum Gasteiger partial charge on any atom is 0.265 e. The highest BCUT2D eigenvalue weighted by Gasteiger charge is 2.19. The summed E-state index contributed by atoms with van der Waals surface area (Å²) in [6.45, 7) is 3.70. The van der Waals surface area contributed by atoms with Gasteiger partial charge in [-0.1, -0.05) is 18.2 Å². The summed E-state index contributed by atoms with van der Waals surface area (Å²) in [5, 5.41) is 5.31. The van der Waals surface area contributed by atoms with Crippen LogP contribution in [0.15, 0.2) is 46.9 Å². The van der Waals surface area contributed by atoms with Crippen molar-refractivity contribution in [1.29, 1.82) is 0 Å². The summed E-state index contributed by atoms with van der Waals surface area (Å²) in [4.78, 5) is 35.6. The van der Waals surface area contributed by atoms with Gasteiger partial charge in [0.15, 0.2) is 6.10 Å². The number of hydrogen-bond donors (Lipinski definition) is 3. The van der Waals surface area contributed by atoms with Gasteiger partial charge < -0.3 is 21.1 Å². The predicted molar refractivity (Wildman–Crippen MR) is 110 cm³/mol. The Morgan fingerprint density at radius 3 is 2.57 bits per heavy atom. The molecule has 2 aromatic carbocycles. The van der Waals surface area contributed by atoms with Gasteiger partial charge in [0, 0.05) is 13.0 Å². The zero-order valence-corrected chi connectivity index (χ0v) is 17.2. The summed E-state index contributed by atoms with van der Waals surface area (Å²) in [6.07, 6.45) is -0.749. The summed E-state index contributed by atoms with van der Waals surface area (Å²) in [7, 11) is 0.